The number of hydrogen-bond donors (Lipinski definition) is 2. The second kappa shape index (κ2) is 17.4. The van der Waals surface area contributed by atoms with Crippen molar-refractivity contribution in [1.29, 1.82) is 0 Å². The van der Waals surface area contributed by atoms with Gasteiger partial charge in [-0.1, -0.05) is 40.5 Å². The van der Waals surface area contributed by atoms with Crippen molar-refractivity contribution in [2.24, 2.45) is 12.5 Å². The quantitative estimate of drug-likeness (QED) is 0.118. The Bertz CT molecular complexity index is 1400. The fourth-order valence-electron chi connectivity index (χ4n) is 3.96. The molecule has 1 rings (SSSR count). The van der Waals surface area contributed by atoms with Gasteiger partial charge in [-0.15, -0.1) is 0 Å². The molecule has 0 bridgehead atoms. The van der Waals surface area contributed by atoms with Gasteiger partial charge in [0.25, 0.3) is 0 Å². The molecule has 2 unspecified atom stereocenters. The number of nitrogens with zero attached hydrogens (tertiary/aromatic N) is 3. The summed E-state index contributed by atoms with van der Waals surface area (Å²) < 4.78 is 21.1. The molecule has 16 heteroatoms. The first-order chi connectivity index (χ1) is 20.8. The Morgan fingerprint density at radius 1 is 0.756 bits per heavy atom. The number of esters is 4. The van der Waals surface area contributed by atoms with Gasteiger partial charge in [-0.25, -0.2) is 37.7 Å². The highest BCUT2D eigenvalue weighted by atomic mass is 16.6. The third-order valence-corrected chi connectivity index (χ3v) is 6.69. The van der Waals surface area contributed by atoms with Crippen molar-refractivity contribution in [1.82, 2.24) is 13.7 Å². The molecule has 45 heavy (non-hydrogen) atoms. The number of carbonyl (C=O) groups is 4. The Morgan fingerprint density at radius 3 is 1.71 bits per heavy atom. The first kappa shape index (κ1) is 39.0. The summed E-state index contributed by atoms with van der Waals surface area (Å²) in [5.74, 6) is -3.91. The van der Waals surface area contributed by atoms with Crippen LogP contribution in [0.25, 0.3) is 0 Å². The van der Waals surface area contributed by atoms with Gasteiger partial charge in [0.15, 0.2) is 0 Å². The van der Waals surface area contributed by atoms with Gasteiger partial charge in [0.1, 0.15) is 44.6 Å². The molecule has 0 saturated carbocycles. The van der Waals surface area contributed by atoms with Crippen LogP contribution >= 0.6 is 0 Å². The number of hydrogen-bond acceptors (Lipinski definition) is 13. The third-order valence-electron chi connectivity index (χ3n) is 6.69. The van der Waals surface area contributed by atoms with Crippen molar-refractivity contribution < 1.29 is 48.3 Å². The van der Waals surface area contributed by atoms with Crippen LogP contribution < -0.4 is 17.1 Å². The topological polar surface area (TPSA) is 212 Å². The van der Waals surface area contributed by atoms with E-state index in [-0.39, 0.29) is 12.0 Å². The van der Waals surface area contributed by atoms with Gasteiger partial charge in [-0.3, -0.25) is 9.59 Å². The Kier molecular flexibility index (Phi) is 15.1. The molecule has 254 valence electrons. The summed E-state index contributed by atoms with van der Waals surface area (Å²) >= 11 is 0. The molecule has 0 aromatic carbocycles. The molecule has 0 aliphatic carbocycles. The molecule has 0 fully saturated rings. The molecule has 0 aliphatic rings. The molecule has 0 radical (unpaired) electrons. The molecular weight excluding hydrogens is 598 g/mol. The molecule has 1 aromatic rings. The molecule has 0 aliphatic heterocycles. The maximum Gasteiger partial charge on any atom is 0.337 e. The maximum atomic E-state index is 12.8. The number of aliphatic hydroxyl groups excluding tert-OH is 2. The van der Waals surface area contributed by atoms with Crippen LogP contribution in [0.1, 0.15) is 67.2 Å². The second-order valence-electron chi connectivity index (χ2n) is 11.9. The maximum absolute atomic E-state index is 12.8. The van der Waals surface area contributed by atoms with Gasteiger partial charge in [0, 0.05) is 19.2 Å². The summed E-state index contributed by atoms with van der Waals surface area (Å²) in [5, 5.41) is 20.1. The van der Waals surface area contributed by atoms with E-state index in [0.29, 0.717) is 26.5 Å². The SMILES string of the molecule is CCCC(C)(C)OC(=O)/C=C/C(=O)OCC(O)COC(=O)Cn1c(=O)n(C)c(=O)n(CC(=O)OCC(O)CC(C)(C)CC)c1=O. The summed E-state index contributed by atoms with van der Waals surface area (Å²) in [4.78, 5) is 86.1. The lowest BCUT2D eigenvalue weighted by atomic mass is 9.84. The van der Waals surface area contributed by atoms with E-state index in [1.807, 2.05) is 27.7 Å². The van der Waals surface area contributed by atoms with E-state index in [9.17, 15) is 43.8 Å². The van der Waals surface area contributed by atoms with Crippen molar-refractivity contribution >= 4 is 23.9 Å². The van der Waals surface area contributed by atoms with Crippen LogP contribution in [-0.4, -0.2) is 85.4 Å². The van der Waals surface area contributed by atoms with Crippen molar-refractivity contribution in [2.45, 2.75) is 98.1 Å². The van der Waals surface area contributed by atoms with Crippen LogP contribution in [-0.2, 0) is 58.3 Å². The summed E-state index contributed by atoms with van der Waals surface area (Å²) in [6, 6.07) is 0. The van der Waals surface area contributed by atoms with Gasteiger partial charge in [0.05, 0.1) is 6.10 Å². The molecule has 0 saturated heterocycles. The highest BCUT2D eigenvalue weighted by molar-refractivity contribution is 5.91. The number of aromatic nitrogens is 3. The van der Waals surface area contributed by atoms with Crippen LogP contribution in [0.4, 0.5) is 0 Å². The van der Waals surface area contributed by atoms with E-state index in [4.69, 9.17) is 18.9 Å². The molecule has 2 atom stereocenters. The van der Waals surface area contributed by atoms with Crippen LogP contribution in [0.15, 0.2) is 26.5 Å². The Labute approximate surface area is 260 Å². The average Bonchev–Trinajstić information content (AvgIpc) is 2.95. The molecule has 1 aromatic heterocycles. The fourth-order valence-corrected chi connectivity index (χ4v) is 3.96. The van der Waals surface area contributed by atoms with Gasteiger partial charge in [0.2, 0.25) is 0 Å². The van der Waals surface area contributed by atoms with Crippen LogP contribution in [0.3, 0.4) is 0 Å². The standard InChI is InChI=1S/C29H45N3O13/c1-8-12-29(5,6)45-22(36)11-10-21(35)42-17-20(34)18-44-24(38)15-32-26(40)30(7)25(39)31(27(32)41)14-23(37)43-16-19(33)13-28(3,4)9-2/h10-11,19-20,33-34H,8-9,12-18H2,1-7H3/b11-10+. The van der Waals surface area contributed by atoms with Crippen LogP contribution in [0, 0.1) is 5.41 Å². The fraction of sp³-hybridized carbons (Fsp3) is 0.690. The molecular formula is C29H45N3O13. The van der Waals surface area contributed by atoms with Gasteiger partial charge in [-0.2, -0.15) is 0 Å². The highest BCUT2D eigenvalue weighted by Gasteiger charge is 2.23. The average molecular weight is 644 g/mol. The van der Waals surface area contributed by atoms with E-state index in [1.54, 1.807) is 13.8 Å². The van der Waals surface area contributed by atoms with Gasteiger partial charge in [-0.05, 0) is 32.1 Å². The van der Waals surface area contributed by atoms with Crippen molar-refractivity contribution in [2.75, 3.05) is 19.8 Å². The van der Waals surface area contributed by atoms with E-state index in [0.717, 1.165) is 32.0 Å². The molecule has 16 nitrogen and oxygen atoms in total. The molecule has 1 heterocycles. The Morgan fingerprint density at radius 2 is 1.22 bits per heavy atom. The second-order valence-corrected chi connectivity index (χ2v) is 11.9. The largest absolute Gasteiger partial charge is 0.462 e. The normalized spacial score (nSPS) is 13.3. The van der Waals surface area contributed by atoms with E-state index in [2.05, 4.69) is 0 Å². The Balaban J connectivity index is 2.73. The predicted octanol–water partition coefficient (Wildman–Crippen LogP) is -0.435. The lowest BCUT2D eigenvalue weighted by Gasteiger charge is -2.25. The lowest BCUT2D eigenvalue weighted by molar-refractivity contribution is -0.153. The van der Waals surface area contributed by atoms with Gasteiger partial charge >= 0.3 is 40.9 Å². The molecule has 0 amide bonds. The van der Waals surface area contributed by atoms with Crippen molar-refractivity contribution in [3.63, 3.8) is 0 Å². The zero-order valence-corrected chi connectivity index (χ0v) is 26.9. The summed E-state index contributed by atoms with van der Waals surface area (Å²) in [6.07, 6.45) is 1.73. The zero-order chi connectivity index (χ0) is 34.5. The summed E-state index contributed by atoms with van der Waals surface area (Å²) in [5.41, 5.74) is -4.51. The van der Waals surface area contributed by atoms with Crippen molar-refractivity contribution in [3.8, 4) is 0 Å². The summed E-state index contributed by atoms with van der Waals surface area (Å²) in [7, 11) is 1.03. The van der Waals surface area contributed by atoms with E-state index >= 15 is 0 Å². The minimum Gasteiger partial charge on any atom is -0.462 e. The summed E-state index contributed by atoms with van der Waals surface area (Å²) in [6.45, 7) is 7.64. The minimum absolute atomic E-state index is 0.205. The van der Waals surface area contributed by atoms with Gasteiger partial charge < -0.3 is 29.2 Å². The highest BCUT2D eigenvalue weighted by Crippen LogP contribution is 2.26. The Hall–Kier alpha value is -4.05. The van der Waals surface area contributed by atoms with Crippen LogP contribution in [0.5, 0.6) is 0 Å². The first-order valence-corrected chi connectivity index (χ1v) is 14.5. The number of aliphatic hydroxyl groups is 2. The number of rotatable bonds is 18. The molecule has 2 N–H and O–H groups in total. The third kappa shape index (κ3) is 13.6. The van der Waals surface area contributed by atoms with Crippen molar-refractivity contribution in [3.05, 3.63) is 43.6 Å². The first-order valence-electron chi connectivity index (χ1n) is 14.5. The number of carbonyl (C=O) groups excluding carboxylic acids is 4. The monoisotopic (exact) mass is 643 g/mol. The van der Waals surface area contributed by atoms with Crippen LogP contribution in [0.2, 0.25) is 0 Å². The van der Waals surface area contributed by atoms with E-state index in [1.165, 1.54) is 0 Å². The smallest absolute Gasteiger partial charge is 0.337 e. The zero-order valence-electron chi connectivity index (χ0n) is 26.9. The minimum atomic E-state index is -1.50. The molecule has 0 spiro atoms. The van der Waals surface area contributed by atoms with E-state index < -0.39 is 85.1 Å². The lowest BCUT2D eigenvalue weighted by Crippen LogP contribution is -2.55. The number of ether oxygens (including phenoxy) is 4. The predicted molar refractivity (Wildman–Crippen MR) is 158 cm³/mol.